The van der Waals surface area contributed by atoms with Crippen LogP contribution in [-0.4, -0.2) is 59.6 Å². The zero-order valence-corrected chi connectivity index (χ0v) is 19.5. The van der Waals surface area contributed by atoms with Gasteiger partial charge in [0.25, 0.3) is 5.91 Å². The molecule has 1 amide bonds. The maximum absolute atomic E-state index is 14.9. The van der Waals surface area contributed by atoms with Gasteiger partial charge in [0.2, 0.25) is 5.95 Å². The summed E-state index contributed by atoms with van der Waals surface area (Å²) in [4.78, 5) is 34.9. The van der Waals surface area contributed by atoms with Crippen LogP contribution in [0.1, 0.15) is 28.3 Å². The number of carbonyl (C=O) groups excluding carboxylic acids is 1. The van der Waals surface area contributed by atoms with Crippen molar-refractivity contribution < 1.29 is 28.2 Å². The molecule has 0 spiro atoms. The molecule has 1 saturated carbocycles. The van der Waals surface area contributed by atoms with Crippen LogP contribution in [0.3, 0.4) is 0 Å². The summed E-state index contributed by atoms with van der Waals surface area (Å²) in [7, 11) is 2.68. The van der Waals surface area contributed by atoms with E-state index in [9.17, 15) is 23.5 Å². The molecule has 0 unspecified atom stereocenters. The number of rotatable bonds is 6. The second-order valence-electron chi connectivity index (χ2n) is 8.76. The molecule has 2 heterocycles. The third-order valence-electron chi connectivity index (χ3n) is 6.45. The average molecular weight is 495 g/mol. The summed E-state index contributed by atoms with van der Waals surface area (Å²) >= 11 is 0. The lowest BCUT2D eigenvalue weighted by atomic mass is 10.1. The molecule has 36 heavy (non-hydrogen) atoms. The van der Waals surface area contributed by atoms with Gasteiger partial charge in [-0.05, 0) is 30.2 Å². The van der Waals surface area contributed by atoms with Gasteiger partial charge in [-0.25, -0.2) is 9.78 Å². The number of amides is 1. The van der Waals surface area contributed by atoms with E-state index in [4.69, 9.17) is 4.74 Å². The van der Waals surface area contributed by atoms with Crippen LogP contribution in [0.15, 0.2) is 54.7 Å². The number of aromatic carboxylic acids is 1. The summed E-state index contributed by atoms with van der Waals surface area (Å²) in [6, 6.07) is 13.6. The molecule has 2 aliphatic rings. The Bertz CT molecular complexity index is 1340. The van der Waals surface area contributed by atoms with E-state index in [0.717, 1.165) is 10.5 Å². The molecule has 1 aromatic heterocycles. The maximum Gasteiger partial charge on any atom is 0.342 e. The largest absolute Gasteiger partial charge is 0.495 e. The predicted octanol–water partition coefficient (Wildman–Crippen LogP) is 3.90. The highest BCUT2D eigenvalue weighted by Crippen LogP contribution is 2.49. The first-order valence-electron chi connectivity index (χ1n) is 11.2. The number of hydrogen-bond acceptors (Lipinski definition) is 7. The second kappa shape index (κ2) is 8.74. The zero-order valence-electron chi connectivity index (χ0n) is 19.5. The first-order valence-corrected chi connectivity index (χ1v) is 11.2. The highest BCUT2D eigenvalue weighted by Gasteiger charge is 2.53. The van der Waals surface area contributed by atoms with Crippen molar-refractivity contribution >= 4 is 35.0 Å². The summed E-state index contributed by atoms with van der Waals surface area (Å²) in [5, 5.41) is 12.2. The molecule has 2 aromatic carbocycles. The lowest BCUT2D eigenvalue weighted by molar-refractivity contribution is -0.140. The van der Waals surface area contributed by atoms with E-state index < -0.39 is 24.3 Å². The van der Waals surface area contributed by atoms with E-state index in [0.29, 0.717) is 12.1 Å². The second-order valence-corrected chi connectivity index (χ2v) is 8.76. The van der Waals surface area contributed by atoms with Gasteiger partial charge >= 0.3 is 11.9 Å². The fraction of sp³-hybridized carbons (Fsp3) is 0.280. The van der Waals surface area contributed by atoms with Crippen molar-refractivity contribution in [3.05, 3.63) is 65.9 Å². The van der Waals surface area contributed by atoms with E-state index in [1.165, 1.54) is 43.5 Å². The highest BCUT2D eigenvalue weighted by atomic mass is 19.3. The van der Waals surface area contributed by atoms with Crippen molar-refractivity contribution in [1.82, 2.24) is 9.97 Å². The van der Waals surface area contributed by atoms with Crippen molar-refractivity contribution in [2.45, 2.75) is 24.3 Å². The average Bonchev–Trinajstić information content (AvgIpc) is 3.68. The Labute approximate surface area is 205 Å². The number of methoxy groups -OCH3 is 1. The molecule has 186 valence electrons. The predicted molar refractivity (Wildman–Crippen MR) is 129 cm³/mol. The van der Waals surface area contributed by atoms with Crippen LogP contribution in [0.4, 0.5) is 31.9 Å². The lowest BCUT2D eigenvalue weighted by Crippen LogP contribution is -2.46. The van der Waals surface area contributed by atoms with Gasteiger partial charge in [0, 0.05) is 19.0 Å². The van der Waals surface area contributed by atoms with Crippen molar-refractivity contribution in [2.24, 2.45) is 0 Å². The molecule has 0 bridgehead atoms. The smallest absolute Gasteiger partial charge is 0.342 e. The Balaban J connectivity index is 1.52. The van der Waals surface area contributed by atoms with Gasteiger partial charge in [-0.15, -0.1) is 0 Å². The molecule has 9 nitrogen and oxygen atoms in total. The number of nitrogens with zero attached hydrogens (tertiary/aromatic N) is 4. The molecule has 0 saturated heterocycles. The zero-order chi connectivity index (χ0) is 25.6. The van der Waals surface area contributed by atoms with Crippen molar-refractivity contribution in [2.75, 3.05) is 35.8 Å². The number of ether oxygens (including phenoxy) is 1. The van der Waals surface area contributed by atoms with Crippen LogP contribution in [0.2, 0.25) is 0 Å². The fourth-order valence-electron chi connectivity index (χ4n) is 4.49. The molecular weight excluding hydrogens is 472 g/mol. The molecule has 3 aromatic rings. The molecule has 1 aliphatic carbocycles. The third kappa shape index (κ3) is 4.16. The Morgan fingerprint density at radius 3 is 2.67 bits per heavy atom. The molecule has 0 radical (unpaired) electrons. The van der Waals surface area contributed by atoms with Crippen LogP contribution in [-0.2, 0) is 4.79 Å². The number of aromatic nitrogens is 2. The van der Waals surface area contributed by atoms with Gasteiger partial charge in [-0.3, -0.25) is 4.79 Å². The Hall–Kier alpha value is -4.28. The quantitative estimate of drug-likeness (QED) is 0.530. The van der Waals surface area contributed by atoms with E-state index >= 15 is 0 Å². The normalized spacial score (nSPS) is 20.4. The van der Waals surface area contributed by atoms with Crippen LogP contribution in [0, 0.1) is 0 Å². The van der Waals surface area contributed by atoms with Gasteiger partial charge < -0.3 is 25.0 Å². The van der Waals surface area contributed by atoms with E-state index in [1.807, 2.05) is 30.3 Å². The highest BCUT2D eigenvalue weighted by molar-refractivity contribution is 6.02. The minimum absolute atomic E-state index is 0.0309. The molecule has 2 atom stereocenters. The molecule has 1 aliphatic heterocycles. The molecule has 1 fully saturated rings. The van der Waals surface area contributed by atoms with Gasteiger partial charge in [-0.1, -0.05) is 30.3 Å². The summed E-state index contributed by atoms with van der Waals surface area (Å²) in [6.45, 7) is -0.801. The summed E-state index contributed by atoms with van der Waals surface area (Å²) in [5.74, 6) is -5.46. The Morgan fingerprint density at radius 1 is 1.22 bits per heavy atom. The number of hydrogen-bond donors (Lipinski definition) is 2. The number of benzene rings is 2. The monoisotopic (exact) mass is 495 g/mol. The number of alkyl halides is 2. The minimum atomic E-state index is -3.61. The number of nitrogens with one attached hydrogen (secondary N) is 1. The molecule has 11 heteroatoms. The van der Waals surface area contributed by atoms with Crippen molar-refractivity contribution in [1.29, 1.82) is 0 Å². The molecule has 2 N–H and O–H groups in total. The molecule has 5 rings (SSSR count). The van der Waals surface area contributed by atoms with Gasteiger partial charge in [0.1, 0.15) is 11.4 Å². The summed E-state index contributed by atoms with van der Waals surface area (Å²) in [6.07, 6.45) is 1.98. The van der Waals surface area contributed by atoms with Crippen molar-refractivity contribution in [3.8, 4) is 5.75 Å². The summed E-state index contributed by atoms with van der Waals surface area (Å²) < 4.78 is 35.1. The van der Waals surface area contributed by atoms with E-state index in [2.05, 4.69) is 15.3 Å². The SMILES string of the molecule is COc1cc(C(=O)O)ccc1Nc1ncc2c(n1)N([C@@H]1C[C@H]1c1ccccc1)CC(F)(F)C(=O)N2C. The standard InChI is InChI=1S/C25H23F2N5O4/c1-31-19-12-28-24(29-17-9-8-15(22(33)34)10-20(17)36-2)30-21(19)32(13-25(26,27)23(31)35)18-11-16(18)14-6-4-3-5-7-14/h3-10,12,16,18H,11,13H2,1-2H3,(H,33,34)(H,28,29,30)/t16-,18+/m0/s1. The Kier molecular flexibility index (Phi) is 5.70. The van der Waals surface area contributed by atoms with Crippen molar-refractivity contribution in [3.63, 3.8) is 0 Å². The van der Waals surface area contributed by atoms with Gasteiger partial charge in [-0.2, -0.15) is 13.8 Å². The van der Waals surface area contributed by atoms with Crippen LogP contribution in [0.25, 0.3) is 0 Å². The van der Waals surface area contributed by atoms with Crippen LogP contribution in [0.5, 0.6) is 5.75 Å². The number of carbonyl (C=O) groups is 2. The fourth-order valence-corrected chi connectivity index (χ4v) is 4.49. The minimum Gasteiger partial charge on any atom is -0.495 e. The number of halogens is 2. The maximum atomic E-state index is 14.9. The third-order valence-corrected chi connectivity index (χ3v) is 6.45. The number of carboxylic acid groups (broad SMARTS) is 1. The van der Waals surface area contributed by atoms with Crippen LogP contribution >= 0.6 is 0 Å². The summed E-state index contributed by atoms with van der Waals surface area (Å²) in [5.41, 5.74) is 1.64. The van der Waals surface area contributed by atoms with Gasteiger partial charge in [0.05, 0.1) is 31.1 Å². The van der Waals surface area contributed by atoms with Crippen LogP contribution < -0.4 is 19.9 Å². The number of fused-ring (bicyclic) bond motifs is 1. The van der Waals surface area contributed by atoms with E-state index in [1.54, 1.807) is 0 Å². The number of carboxylic acids is 1. The van der Waals surface area contributed by atoms with Gasteiger partial charge in [0.15, 0.2) is 5.82 Å². The van der Waals surface area contributed by atoms with E-state index in [-0.39, 0.29) is 40.7 Å². The topological polar surface area (TPSA) is 108 Å². The molecular formula is C25H23F2N5O4. The first kappa shape index (κ1) is 23.5. The lowest BCUT2D eigenvalue weighted by Gasteiger charge is -2.26. The Morgan fingerprint density at radius 2 is 1.97 bits per heavy atom. The number of anilines is 4. The first-order chi connectivity index (χ1) is 17.2.